The largest absolute Gasteiger partial charge is 0.490 e. The van der Waals surface area contributed by atoms with Gasteiger partial charge in [0.05, 0.1) is 49.6 Å². The first-order chi connectivity index (χ1) is 23.2. The van der Waals surface area contributed by atoms with Gasteiger partial charge in [-0.15, -0.1) is 0 Å². The third-order valence-electron chi connectivity index (χ3n) is 10.9. The van der Waals surface area contributed by atoms with Crippen LogP contribution in [0.25, 0.3) is 0 Å². The van der Waals surface area contributed by atoms with E-state index in [1.165, 1.54) is 31.0 Å². The summed E-state index contributed by atoms with van der Waals surface area (Å²) < 4.78 is 75.1. The Morgan fingerprint density at radius 1 is 1.10 bits per heavy atom. The van der Waals surface area contributed by atoms with Crippen molar-refractivity contribution in [2.45, 2.75) is 73.9 Å². The number of aryl methyl sites for hydroxylation is 1. The molecule has 5 aliphatic rings. The molecule has 4 atom stereocenters. The fourth-order valence-corrected chi connectivity index (χ4v) is 9.34. The van der Waals surface area contributed by atoms with Gasteiger partial charge >= 0.3 is 0 Å². The number of alkyl halides is 2. The number of anilines is 1. The number of sulfonamides is 1. The topological polar surface area (TPSA) is 97.4 Å². The van der Waals surface area contributed by atoms with Crippen molar-refractivity contribution in [3.8, 4) is 5.75 Å². The first kappa shape index (κ1) is 34.7. The summed E-state index contributed by atoms with van der Waals surface area (Å²) in [4.78, 5) is 17.1. The van der Waals surface area contributed by atoms with Crippen LogP contribution in [0.3, 0.4) is 0 Å². The molecule has 2 fully saturated rings. The average Bonchev–Trinajstić information content (AvgIpc) is 3.16. The zero-order chi connectivity index (χ0) is 34.6. The summed E-state index contributed by atoms with van der Waals surface area (Å²) in [5.74, 6) is -2.48. The van der Waals surface area contributed by atoms with Crippen molar-refractivity contribution in [2.75, 3.05) is 57.4 Å². The lowest BCUT2D eigenvalue weighted by molar-refractivity contribution is -0.139. The second-order valence-electron chi connectivity index (χ2n) is 14.8. The van der Waals surface area contributed by atoms with E-state index in [4.69, 9.17) is 25.8 Å². The Hall–Kier alpha value is -2.77. The molecule has 13 heteroatoms. The van der Waals surface area contributed by atoms with Crippen LogP contribution in [-0.2, 0) is 36.1 Å². The van der Waals surface area contributed by atoms with Crippen molar-refractivity contribution in [2.24, 2.45) is 11.8 Å². The predicted octanol–water partition coefficient (Wildman–Crippen LogP) is 5.35. The number of carbonyl (C=O) groups excluding carboxylic acids is 1. The highest BCUT2D eigenvalue weighted by Gasteiger charge is 2.46. The lowest BCUT2D eigenvalue weighted by Crippen LogP contribution is -2.57. The monoisotopic (exact) mass is 719 g/mol. The highest BCUT2D eigenvalue weighted by molar-refractivity contribution is 7.90. The van der Waals surface area contributed by atoms with Gasteiger partial charge in [0.15, 0.2) is 0 Å². The van der Waals surface area contributed by atoms with Gasteiger partial charge in [-0.3, -0.25) is 9.69 Å². The lowest BCUT2D eigenvalue weighted by Gasteiger charge is -2.46. The molecule has 1 saturated heterocycles. The summed E-state index contributed by atoms with van der Waals surface area (Å²) in [5.41, 5.74) is 1.28. The van der Waals surface area contributed by atoms with Crippen LogP contribution in [0.4, 0.5) is 14.5 Å². The number of ether oxygens (including phenoxy) is 3. The molecule has 2 aliphatic carbocycles. The summed E-state index contributed by atoms with van der Waals surface area (Å²) in [6.45, 7) is 5.01. The van der Waals surface area contributed by atoms with Gasteiger partial charge in [-0.1, -0.05) is 29.8 Å². The first-order valence-corrected chi connectivity index (χ1v) is 19.0. The van der Waals surface area contributed by atoms with Crippen LogP contribution < -0.4 is 14.4 Å². The summed E-state index contributed by atoms with van der Waals surface area (Å²) in [6, 6.07) is 10.8. The van der Waals surface area contributed by atoms with Gasteiger partial charge in [0.1, 0.15) is 11.4 Å². The standard InChI is InChI=1S/C36H44ClF2N3O6S/c1-34(2)33(43)40-49(44,45)27-9-12-32-30(18-27)42(20-35(23-47-32)13-3-5-24-17-26(37)8-11-29(24)35)19-25-7-10-28(25)31(6-4-15-48-34)46-16-14-41-21-36(38,39)22-41/h4,6,8-9,11-12,17-18,25,28,31H,3,5,7,10,13-16,19-23H2,1-2H3,(H,40,43)/b6-4-/t25-,28+,31-,35-/m0/s1. The maximum absolute atomic E-state index is 13.6. The van der Waals surface area contributed by atoms with Gasteiger partial charge in [0, 0.05) is 30.1 Å². The van der Waals surface area contributed by atoms with E-state index < -0.39 is 27.5 Å². The van der Waals surface area contributed by atoms with Crippen molar-refractivity contribution < 1.29 is 36.2 Å². The normalized spacial score (nSPS) is 31.2. The summed E-state index contributed by atoms with van der Waals surface area (Å²) >= 11 is 6.42. The smallest absolute Gasteiger partial charge is 0.272 e. The van der Waals surface area contributed by atoms with Crippen LogP contribution in [0.15, 0.2) is 53.4 Å². The molecule has 1 N–H and O–H groups in total. The Labute approximate surface area is 291 Å². The molecule has 7 rings (SSSR count). The fraction of sp³-hybridized carbons (Fsp3) is 0.583. The number of nitrogens with one attached hydrogen (secondary N) is 1. The number of hydrogen-bond donors (Lipinski definition) is 1. The summed E-state index contributed by atoms with van der Waals surface area (Å²) in [7, 11) is -4.24. The van der Waals surface area contributed by atoms with Crippen LogP contribution >= 0.6 is 11.6 Å². The second kappa shape index (κ2) is 13.1. The van der Waals surface area contributed by atoms with Crippen molar-refractivity contribution in [1.29, 1.82) is 0 Å². The molecule has 1 spiro atoms. The number of rotatable bonds is 4. The Bertz CT molecular complexity index is 1730. The third-order valence-corrected chi connectivity index (χ3v) is 12.5. The fourth-order valence-electron chi connectivity index (χ4n) is 8.02. The molecule has 3 aliphatic heterocycles. The average molecular weight is 720 g/mol. The molecule has 266 valence electrons. The Kier molecular flexibility index (Phi) is 9.26. The minimum absolute atomic E-state index is 0.0364. The third kappa shape index (κ3) is 7.08. The number of nitrogens with zero attached hydrogens (tertiary/aromatic N) is 2. The number of hydrogen-bond acceptors (Lipinski definition) is 8. The Balaban J connectivity index is 1.24. The molecule has 2 aromatic carbocycles. The summed E-state index contributed by atoms with van der Waals surface area (Å²) in [6.07, 6.45) is 8.15. The maximum Gasteiger partial charge on any atom is 0.272 e. The van der Waals surface area contributed by atoms with E-state index in [1.807, 2.05) is 18.2 Å². The molecule has 1 saturated carbocycles. The van der Waals surface area contributed by atoms with Crippen LogP contribution in [0.1, 0.15) is 50.7 Å². The van der Waals surface area contributed by atoms with E-state index in [-0.39, 0.29) is 47.9 Å². The van der Waals surface area contributed by atoms with Gasteiger partial charge in [-0.05, 0) is 99.2 Å². The quantitative estimate of drug-likeness (QED) is 0.423. The molecule has 49 heavy (non-hydrogen) atoms. The number of amides is 1. The molecule has 2 aromatic rings. The van der Waals surface area contributed by atoms with Crippen molar-refractivity contribution in [3.63, 3.8) is 0 Å². The summed E-state index contributed by atoms with van der Waals surface area (Å²) in [5, 5.41) is 0.698. The molecule has 9 nitrogen and oxygen atoms in total. The minimum atomic E-state index is -4.24. The van der Waals surface area contributed by atoms with Gasteiger partial charge < -0.3 is 19.1 Å². The zero-order valence-corrected chi connectivity index (χ0v) is 29.5. The van der Waals surface area contributed by atoms with Crippen LogP contribution in [0, 0.1) is 11.8 Å². The number of benzene rings is 2. The Morgan fingerprint density at radius 2 is 1.92 bits per heavy atom. The van der Waals surface area contributed by atoms with Crippen molar-refractivity contribution in [3.05, 3.63) is 64.7 Å². The van der Waals surface area contributed by atoms with E-state index in [1.54, 1.807) is 23.1 Å². The molecule has 2 bridgehead atoms. The highest BCUT2D eigenvalue weighted by Crippen LogP contribution is 2.47. The molecule has 3 heterocycles. The lowest BCUT2D eigenvalue weighted by atomic mass is 9.68. The second-order valence-corrected chi connectivity index (χ2v) is 16.9. The van der Waals surface area contributed by atoms with Gasteiger partial charge in [0.2, 0.25) is 0 Å². The van der Waals surface area contributed by atoms with E-state index in [9.17, 15) is 22.0 Å². The Morgan fingerprint density at radius 3 is 2.67 bits per heavy atom. The molecular weight excluding hydrogens is 676 g/mol. The van der Waals surface area contributed by atoms with Gasteiger partial charge in [-0.25, -0.2) is 21.9 Å². The van der Waals surface area contributed by atoms with E-state index >= 15 is 0 Å². The van der Waals surface area contributed by atoms with Crippen LogP contribution in [0.5, 0.6) is 5.75 Å². The van der Waals surface area contributed by atoms with E-state index in [0.717, 1.165) is 32.1 Å². The predicted molar refractivity (Wildman–Crippen MR) is 182 cm³/mol. The SMILES string of the molecule is CC1(C)OC/C=C\[C@H](OCCN2CC(F)(F)C2)[C@@H]2CC[C@H]2CN2C[C@@]3(CCCc4cc(Cl)ccc43)COc3ccc(cc32)S(=O)(=O)NC1=O. The van der Waals surface area contributed by atoms with Gasteiger partial charge in [0.25, 0.3) is 21.9 Å². The first-order valence-electron chi connectivity index (χ1n) is 17.1. The van der Waals surface area contributed by atoms with E-state index in [2.05, 4.69) is 15.7 Å². The number of likely N-dealkylation sites (tertiary alicyclic amines) is 1. The molecule has 0 radical (unpaired) electrons. The highest BCUT2D eigenvalue weighted by atomic mass is 35.5. The van der Waals surface area contributed by atoms with Crippen LogP contribution in [0.2, 0.25) is 5.02 Å². The molecule has 0 aromatic heterocycles. The van der Waals surface area contributed by atoms with Crippen molar-refractivity contribution >= 4 is 33.2 Å². The molecule has 1 amide bonds. The number of carbonyl (C=O) groups is 1. The van der Waals surface area contributed by atoms with Crippen LogP contribution in [-0.4, -0.2) is 89.4 Å². The maximum atomic E-state index is 13.6. The van der Waals surface area contributed by atoms with Crippen molar-refractivity contribution in [1.82, 2.24) is 9.62 Å². The van der Waals surface area contributed by atoms with Gasteiger partial charge in [-0.2, -0.15) is 0 Å². The number of fused-ring (bicyclic) bond motifs is 4. The molecule has 0 unspecified atom stereocenters. The van der Waals surface area contributed by atoms with E-state index in [0.29, 0.717) is 49.3 Å². The zero-order valence-electron chi connectivity index (χ0n) is 27.9. The minimum Gasteiger partial charge on any atom is -0.490 e. The molecular formula is C36H44ClF2N3O6S. The number of halogens is 3.